The lowest BCUT2D eigenvalue weighted by atomic mass is 9.97. The van der Waals surface area contributed by atoms with Gasteiger partial charge in [0.15, 0.2) is 0 Å². The van der Waals surface area contributed by atoms with Crippen LogP contribution >= 0.6 is 0 Å². The van der Waals surface area contributed by atoms with E-state index >= 15 is 0 Å². The molecule has 1 unspecified atom stereocenters. The van der Waals surface area contributed by atoms with Crippen molar-refractivity contribution in [2.24, 2.45) is 5.92 Å². The third-order valence-corrected chi connectivity index (χ3v) is 4.57. The fourth-order valence-corrected chi connectivity index (χ4v) is 3.13. The average molecular weight is 304 g/mol. The Labute approximate surface area is 131 Å². The Bertz CT molecular complexity index is 506. The Hall–Kier alpha value is -1.59. The van der Waals surface area contributed by atoms with Crippen molar-refractivity contribution in [3.05, 3.63) is 29.8 Å². The number of rotatable bonds is 4. The first-order valence-corrected chi connectivity index (χ1v) is 8.11. The summed E-state index contributed by atoms with van der Waals surface area (Å²) in [4.78, 5) is 14.5. The molecule has 2 fully saturated rings. The van der Waals surface area contributed by atoms with Crippen LogP contribution in [0.4, 0.5) is 5.69 Å². The molecule has 22 heavy (non-hydrogen) atoms. The van der Waals surface area contributed by atoms with E-state index in [1.165, 1.54) is 0 Å². The zero-order valence-corrected chi connectivity index (χ0v) is 12.8. The molecule has 1 atom stereocenters. The van der Waals surface area contributed by atoms with Gasteiger partial charge in [0.1, 0.15) is 0 Å². The van der Waals surface area contributed by atoms with Gasteiger partial charge in [0.05, 0.1) is 12.6 Å². The van der Waals surface area contributed by atoms with Gasteiger partial charge in [0.25, 0.3) is 5.91 Å². The summed E-state index contributed by atoms with van der Waals surface area (Å²) in [7, 11) is 0. The summed E-state index contributed by atoms with van der Waals surface area (Å²) in [6.07, 6.45) is 2.78. The summed E-state index contributed by atoms with van der Waals surface area (Å²) in [5.74, 6) is 0.433. The number of likely N-dealkylation sites (tertiary alicyclic amines) is 1. The first kappa shape index (κ1) is 15.3. The molecule has 2 N–H and O–H groups in total. The molecule has 2 saturated heterocycles. The molecule has 1 aromatic rings. The molecule has 1 amide bonds. The van der Waals surface area contributed by atoms with Gasteiger partial charge in [-0.15, -0.1) is 0 Å². The maximum absolute atomic E-state index is 12.6. The minimum Gasteiger partial charge on any atom is -0.396 e. The van der Waals surface area contributed by atoms with Gasteiger partial charge >= 0.3 is 0 Å². The largest absolute Gasteiger partial charge is 0.396 e. The van der Waals surface area contributed by atoms with Crippen LogP contribution in [0.5, 0.6) is 0 Å². The van der Waals surface area contributed by atoms with Crippen molar-refractivity contribution in [2.75, 3.05) is 38.2 Å². The van der Waals surface area contributed by atoms with Crippen LogP contribution in [-0.2, 0) is 4.74 Å². The fraction of sp³-hybridized carbons (Fsp3) is 0.588. The topological polar surface area (TPSA) is 61.8 Å². The van der Waals surface area contributed by atoms with Gasteiger partial charge in [-0.25, -0.2) is 0 Å². The van der Waals surface area contributed by atoms with Gasteiger partial charge in [-0.1, -0.05) is 6.07 Å². The maximum Gasteiger partial charge on any atom is 0.253 e. The second-order valence-electron chi connectivity index (χ2n) is 6.20. The van der Waals surface area contributed by atoms with E-state index in [1.807, 2.05) is 29.2 Å². The molecule has 1 aromatic carbocycles. The molecular weight excluding hydrogens is 280 g/mol. The molecule has 2 aliphatic heterocycles. The summed E-state index contributed by atoms with van der Waals surface area (Å²) in [6.45, 7) is 3.23. The van der Waals surface area contributed by atoms with Crippen LogP contribution in [0.15, 0.2) is 24.3 Å². The third kappa shape index (κ3) is 3.59. The van der Waals surface area contributed by atoms with Crippen LogP contribution in [0.3, 0.4) is 0 Å². The highest BCUT2D eigenvalue weighted by Crippen LogP contribution is 2.20. The van der Waals surface area contributed by atoms with Crippen LogP contribution in [0, 0.1) is 5.92 Å². The smallest absolute Gasteiger partial charge is 0.253 e. The highest BCUT2D eigenvalue weighted by molar-refractivity contribution is 5.95. The SMILES string of the molecule is O=C(c1cccc(NC2CCOC2)c1)N1CCC(CO)CC1. The summed E-state index contributed by atoms with van der Waals surface area (Å²) >= 11 is 0. The number of piperidine rings is 1. The molecule has 0 radical (unpaired) electrons. The fourth-order valence-electron chi connectivity index (χ4n) is 3.13. The molecule has 0 aliphatic carbocycles. The molecule has 0 spiro atoms. The van der Waals surface area contributed by atoms with Crippen molar-refractivity contribution in [2.45, 2.75) is 25.3 Å². The number of hydrogen-bond donors (Lipinski definition) is 2. The number of carbonyl (C=O) groups excluding carboxylic acids is 1. The minimum absolute atomic E-state index is 0.0858. The number of benzene rings is 1. The Balaban J connectivity index is 1.62. The third-order valence-electron chi connectivity index (χ3n) is 4.57. The molecule has 0 aromatic heterocycles. The summed E-state index contributed by atoms with van der Waals surface area (Å²) in [5, 5.41) is 12.6. The highest BCUT2D eigenvalue weighted by atomic mass is 16.5. The maximum atomic E-state index is 12.6. The van der Waals surface area contributed by atoms with Gasteiger partial charge in [-0.2, -0.15) is 0 Å². The zero-order valence-electron chi connectivity index (χ0n) is 12.8. The number of hydrogen-bond acceptors (Lipinski definition) is 4. The van der Waals surface area contributed by atoms with Crippen molar-refractivity contribution < 1.29 is 14.6 Å². The highest BCUT2D eigenvalue weighted by Gasteiger charge is 2.23. The standard InChI is InChI=1S/C17H24N2O3/c20-11-13-4-7-19(8-5-13)17(21)14-2-1-3-15(10-14)18-16-6-9-22-12-16/h1-3,10,13,16,18,20H,4-9,11-12H2. The van der Waals surface area contributed by atoms with Crippen molar-refractivity contribution >= 4 is 11.6 Å². The molecule has 5 heteroatoms. The van der Waals surface area contributed by atoms with Gasteiger partial charge < -0.3 is 20.1 Å². The quantitative estimate of drug-likeness (QED) is 0.889. The number of nitrogens with one attached hydrogen (secondary N) is 1. The first-order chi connectivity index (χ1) is 10.8. The number of carbonyl (C=O) groups is 1. The van der Waals surface area contributed by atoms with E-state index in [4.69, 9.17) is 4.74 Å². The number of aliphatic hydroxyl groups excluding tert-OH is 1. The molecule has 2 heterocycles. The summed E-state index contributed by atoms with van der Waals surface area (Å²) in [6, 6.07) is 8.06. The van der Waals surface area contributed by atoms with Crippen molar-refractivity contribution in [3.63, 3.8) is 0 Å². The van der Waals surface area contributed by atoms with Crippen molar-refractivity contribution in [1.29, 1.82) is 0 Å². The lowest BCUT2D eigenvalue weighted by Gasteiger charge is -2.31. The second kappa shape index (κ2) is 7.11. The average Bonchev–Trinajstić information content (AvgIpc) is 3.07. The Morgan fingerprint density at radius 3 is 2.82 bits per heavy atom. The Morgan fingerprint density at radius 2 is 2.14 bits per heavy atom. The van der Waals surface area contributed by atoms with E-state index in [1.54, 1.807) is 0 Å². The number of amides is 1. The number of aliphatic hydroxyl groups is 1. The molecule has 5 nitrogen and oxygen atoms in total. The van der Waals surface area contributed by atoms with Crippen LogP contribution < -0.4 is 5.32 Å². The van der Waals surface area contributed by atoms with Crippen LogP contribution in [0.1, 0.15) is 29.6 Å². The van der Waals surface area contributed by atoms with Gasteiger partial charge in [-0.3, -0.25) is 4.79 Å². The number of ether oxygens (including phenoxy) is 1. The molecular formula is C17H24N2O3. The van der Waals surface area contributed by atoms with E-state index in [2.05, 4.69) is 5.32 Å². The molecule has 0 bridgehead atoms. The van der Waals surface area contributed by atoms with Gasteiger partial charge in [0.2, 0.25) is 0 Å². The van der Waals surface area contributed by atoms with Crippen LogP contribution in [0.25, 0.3) is 0 Å². The van der Waals surface area contributed by atoms with Crippen molar-refractivity contribution in [3.8, 4) is 0 Å². The first-order valence-electron chi connectivity index (χ1n) is 8.11. The summed E-state index contributed by atoms with van der Waals surface area (Å²) < 4.78 is 5.36. The minimum atomic E-state index is 0.0858. The summed E-state index contributed by atoms with van der Waals surface area (Å²) in [5.41, 5.74) is 1.71. The monoisotopic (exact) mass is 304 g/mol. The van der Waals surface area contributed by atoms with Crippen LogP contribution in [-0.4, -0.2) is 54.9 Å². The van der Waals surface area contributed by atoms with E-state index in [0.717, 1.165) is 56.8 Å². The second-order valence-corrected chi connectivity index (χ2v) is 6.20. The molecule has 0 saturated carbocycles. The Morgan fingerprint density at radius 1 is 1.32 bits per heavy atom. The van der Waals surface area contributed by atoms with E-state index in [-0.39, 0.29) is 12.5 Å². The number of anilines is 1. The molecule has 2 aliphatic rings. The number of nitrogens with zero attached hydrogens (tertiary/aromatic N) is 1. The molecule has 120 valence electrons. The van der Waals surface area contributed by atoms with Gasteiger partial charge in [0, 0.05) is 37.6 Å². The van der Waals surface area contributed by atoms with Crippen molar-refractivity contribution in [1.82, 2.24) is 4.90 Å². The van der Waals surface area contributed by atoms with E-state index in [0.29, 0.717) is 12.0 Å². The van der Waals surface area contributed by atoms with E-state index in [9.17, 15) is 9.90 Å². The van der Waals surface area contributed by atoms with E-state index < -0.39 is 0 Å². The normalized spacial score (nSPS) is 22.8. The van der Waals surface area contributed by atoms with Gasteiger partial charge in [-0.05, 0) is 43.4 Å². The lowest BCUT2D eigenvalue weighted by Crippen LogP contribution is -2.39. The van der Waals surface area contributed by atoms with Crippen LogP contribution in [0.2, 0.25) is 0 Å². The Kier molecular flexibility index (Phi) is 4.95. The lowest BCUT2D eigenvalue weighted by molar-refractivity contribution is 0.0651. The zero-order chi connectivity index (χ0) is 15.4. The predicted octanol–water partition coefficient (Wildman–Crippen LogP) is 1.73. The molecule has 3 rings (SSSR count). The predicted molar refractivity (Wildman–Crippen MR) is 85.0 cm³/mol.